The smallest absolute Gasteiger partial charge is 0.160 e. The first-order valence-electron chi connectivity index (χ1n) is 6.88. The highest BCUT2D eigenvalue weighted by Gasteiger charge is 2.30. The van der Waals surface area contributed by atoms with Gasteiger partial charge in [-0.2, -0.15) is 0 Å². The van der Waals surface area contributed by atoms with Crippen molar-refractivity contribution in [2.24, 2.45) is 5.92 Å². The highest BCUT2D eigenvalue weighted by atomic mass is 16.7. The second-order valence-corrected chi connectivity index (χ2v) is 5.27. The maximum atomic E-state index is 5.61. The number of nitrogens with zero attached hydrogens (tertiary/aromatic N) is 1. The molecule has 0 amide bonds. The van der Waals surface area contributed by atoms with Crippen molar-refractivity contribution >= 4 is 5.69 Å². The van der Waals surface area contributed by atoms with Crippen LogP contribution in [0.2, 0.25) is 0 Å². The highest BCUT2D eigenvalue weighted by Crippen LogP contribution is 2.28. The van der Waals surface area contributed by atoms with Gasteiger partial charge in [0.25, 0.3) is 0 Å². The topological polar surface area (TPSA) is 21.7 Å². The molecular weight excluding hydrogens is 226 g/mol. The second kappa shape index (κ2) is 5.29. The summed E-state index contributed by atoms with van der Waals surface area (Å²) in [6, 6.07) is 8.81. The predicted octanol–water partition coefficient (Wildman–Crippen LogP) is 2.58. The van der Waals surface area contributed by atoms with E-state index < -0.39 is 0 Å². The molecular formula is C15H21NO2. The van der Waals surface area contributed by atoms with Gasteiger partial charge in [0.05, 0.1) is 13.2 Å². The monoisotopic (exact) mass is 247 g/mol. The van der Waals surface area contributed by atoms with Gasteiger partial charge in [0, 0.05) is 24.7 Å². The summed E-state index contributed by atoms with van der Waals surface area (Å²) in [5, 5.41) is 0. The van der Waals surface area contributed by atoms with Crippen molar-refractivity contribution in [3.05, 3.63) is 29.8 Å². The van der Waals surface area contributed by atoms with Crippen LogP contribution >= 0.6 is 0 Å². The first-order chi connectivity index (χ1) is 8.83. The van der Waals surface area contributed by atoms with E-state index in [1.165, 1.54) is 24.1 Å². The molecule has 0 aliphatic carbocycles. The van der Waals surface area contributed by atoms with Gasteiger partial charge in [-0.1, -0.05) is 17.7 Å². The van der Waals surface area contributed by atoms with Crippen LogP contribution in [0.25, 0.3) is 0 Å². The van der Waals surface area contributed by atoms with E-state index in [4.69, 9.17) is 9.47 Å². The fourth-order valence-electron chi connectivity index (χ4n) is 2.83. The van der Waals surface area contributed by atoms with Gasteiger partial charge in [-0.3, -0.25) is 0 Å². The Bertz CT molecular complexity index is 376. The van der Waals surface area contributed by atoms with E-state index in [2.05, 4.69) is 36.1 Å². The van der Waals surface area contributed by atoms with Gasteiger partial charge in [0.15, 0.2) is 6.29 Å². The fourth-order valence-corrected chi connectivity index (χ4v) is 2.83. The minimum absolute atomic E-state index is 0.0603. The zero-order chi connectivity index (χ0) is 12.4. The summed E-state index contributed by atoms with van der Waals surface area (Å²) in [4.78, 5) is 2.46. The van der Waals surface area contributed by atoms with Gasteiger partial charge in [0.1, 0.15) is 0 Å². The first kappa shape index (κ1) is 12.0. The molecule has 3 nitrogen and oxygen atoms in total. The van der Waals surface area contributed by atoms with Crippen molar-refractivity contribution in [2.45, 2.75) is 26.1 Å². The predicted molar refractivity (Wildman–Crippen MR) is 71.8 cm³/mol. The van der Waals surface area contributed by atoms with Gasteiger partial charge < -0.3 is 14.4 Å². The summed E-state index contributed by atoms with van der Waals surface area (Å²) in [5.74, 6) is 0.578. The summed E-state index contributed by atoms with van der Waals surface area (Å²) in [7, 11) is 0. The van der Waals surface area contributed by atoms with Crippen LogP contribution in [-0.4, -0.2) is 32.6 Å². The van der Waals surface area contributed by atoms with Crippen LogP contribution in [-0.2, 0) is 9.47 Å². The molecule has 18 heavy (non-hydrogen) atoms. The van der Waals surface area contributed by atoms with E-state index >= 15 is 0 Å². The van der Waals surface area contributed by atoms with Crippen molar-refractivity contribution in [1.82, 2.24) is 0 Å². The molecule has 2 saturated heterocycles. The maximum Gasteiger partial charge on any atom is 0.160 e. The minimum atomic E-state index is 0.0603. The van der Waals surface area contributed by atoms with Crippen LogP contribution in [0.5, 0.6) is 0 Å². The molecule has 2 heterocycles. The lowest BCUT2D eigenvalue weighted by molar-refractivity contribution is -0.0889. The molecule has 2 fully saturated rings. The number of hydrogen-bond acceptors (Lipinski definition) is 3. The van der Waals surface area contributed by atoms with Crippen LogP contribution < -0.4 is 4.90 Å². The van der Waals surface area contributed by atoms with Gasteiger partial charge in [0.2, 0.25) is 0 Å². The Morgan fingerprint density at radius 3 is 2.22 bits per heavy atom. The fraction of sp³-hybridized carbons (Fsp3) is 0.600. The molecule has 0 atom stereocenters. The van der Waals surface area contributed by atoms with Crippen LogP contribution in [0.3, 0.4) is 0 Å². The standard InChI is InChI=1S/C15H21NO2/c1-12-2-4-14(5-3-12)16-8-6-13(7-9-16)15-17-10-11-18-15/h2-5,13,15H,6-11H2,1H3. The average Bonchev–Trinajstić information content (AvgIpc) is 2.94. The van der Waals surface area contributed by atoms with E-state index in [-0.39, 0.29) is 6.29 Å². The Labute approximate surface area is 109 Å². The van der Waals surface area contributed by atoms with Crippen LogP contribution in [0, 0.1) is 12.8 Å². The van der Waals surface area contributed by atoms with E-state index in [1.807, 2.05) is 0 Å². The quantitative estimate of drug-likeness (QED) is 0.802. The second-order valence-electron chi connectivity index (χ2n) is 5.27. The number of piperidine rings is 1. The highest BCUT2D eigenvalue weighted by molar-refractivity contribution is 5.47. The Hall–Kier alpha value is -1.06. The maximum absolute atomic E-state index is 5.61. The molecule has 0 saturated carbocycles. The molecule has 1 aromatic carbocycles. The zero-order valence-corrected chi connectivity index (χ0v) is 11.0. The Morgan fingerprint density at radius 2 is 1.61 bits per heavy atom. The van der Waals surface area contributed by atoms with Gasteiger partial charge in [-0.25, -0.2) is 0 Å². The van der Waals surface area contributed by atoms with E-state index in [0.29, 0.717) is 5.92 Å². The van der Waals surface area contributed by atoms with Crippen molar-refractivity contribution < 1.29 is 9.47 Å². The van der Waals surface area contributed by atoms with Crippen molar-refractivity contribution in [3.63, 3.8) is 0 Å². The van der Waals surface area contributed by atoms with Crippen molar-refractivity contribution in [1.29, 1.82) is 0 Å². The summed E-state index contributed by atoms with van der Waals surface area (Å²) in [6.07, 6.45) is 2.39. The third-order valence-electron chi connectivity index (χ3n) is 3.97. The van der Waals surface area contributed by atoms with E-state index in [9.17, 15) is 0 Å². The molecule has 0 bridgehead atoms. The molecule has 1 aromatic rings. The lowest BCUT2D eigenvalue weighted by Gasteiger charge is -2.35. The SMILES string of the molecule is Cc1ccc(N2CCC(C3OCCO3)CC2)cc1. The van der Waals surface area contributed by atoms with Crippen LogP contribution in [0.15, 0.2) is 24.3 Å². The molecule has 0 aromatic heterocycles. The van der Waals surface area contributed by atoms with Crippen molar-refractivity contribution in [3.8, 4) is 0 Å². The summed E-state index contributed by atoms with van der Waals surface area (Å²) >= 11 is 0. The lowest BCUT2D eigenvalue weighted by atomic mass is 9.95. The zero-order valence-electron chi connectivity index (χ0n) is 11.0. The van der Waals surface area contributed by atoms with Crippen LogP contribution in [0.1, 0.15) is 18.4 Å². The Balaban J connectivity index is 1.57. The number of aryl methyl sites for hydroxylation is 1. The summed E-state index contributed by atoms with van der Waals surface area (Å²) in [6.45, 7) is 5.88. The minimum Gasteiger partial charge on any atom is -0.372 e. The first-order valence-corrected chi connectivity index (χ1v) is 6.88. The number of hydrogen-bond donors (Lipinski definition) is 0. The van der Waals surface area contributed by atoms with E-state index in [1.54, 1.807) is 0 Å². The van der Waals surface area contributed by atoms with Gasteiger partial charge >= 0.3 is 0 Å². The number of rotatable bonds is 2. The molecule has 2 aliphatic rings. The third-order valence-corrected chi connectivity index (χ3v) is 3.97. The number of benzene rings is 1. The van der Waals surface area contributed by atoms with Crippen molar-refractivity contribution in [2.75, 3.05) is 31.2 Å². The van der Waals surface area contributed by atoms with Gasteiger partial charge in [-0.15, -0.1) is 0 Å². The molecule has 98 valence electrons. The number of ether oxygens (including phenoxy) is 2. The number of anilines is 1. The lowest BCUT2D eigenvalue weighted by Crippen LogP contribution is -2.38. The molecule has 0 unspecified atom stereocenters. The molecule has 2 aliphatic heterocycles. The van der Waals surface area contributed by atoms with Crippen LogP contribution in [0.4, 0.5) is 5.69 Å². The van der Waals surface area contributed by atoms with Gasteiger partial charge in [-0.05, 0) is 31.9 Å². The summed E-state index contributed by atoms with van der Waals surface area (Å²) in [5.41, 5.74) is 2.66. The third kappa shape index (κ3) is 2.52. The largest absolute Gasteiger partial charge is 0.372 e. The normalized spacial score (nSPS) is 22.6. The summed E-state index contributed by atoms with van der Waals surface area (Å²) < 4.78 is 11.2. The molecule has 0 radical (unpaired) electrons. The Morgan fingerprint density at radius 1 is 1.00 bits per heavy atom. The average molecular weight is 247 g/mol. The molecule has 0 spiro atoms. The Kier molecular flexibility index (Phi) is 3.52. The molecule has 3 heteroatoms. The molecule has 0 N–H and O–H groups in total. The van der Waals surface area contributed by atoms with E-state index in [0.717, 1.165) is 26.3 Å². The molecule has 3 rings (SSSR count).